The predicted octanol–water partition coefficient (Wildman–Crippen LogP) is 13.6. The number of hydrogen-bond donors (Lipinski definition) is 0. The predicted molar refractivity (Wildman–Crippen MR) is 193 cm³/mol. The van der Waals surface area contributed by atoms with E-state index in [0.717, 1.165) is 23.7 Å². The fourth-order valence-electron chi connectivity index (χ4n) is 10.7. The first-order chi connectivity index (χ1) is 22.3. The molecule has 6 aliphatic carbocycles. The molecule has 0 aliphatic heterocycles. The van der Waals surface area contributed by atoms with Gasteiger partial charge in [-0.15, -0.1) is 0 Å². The minimum Gasteiger partial charge on any atom is -0.0611 e. The third kappa shape index (κ3) is 6.43. The maximum Gasteiger partial charge on any atom is 0.0167 e. The molecule has 0 amide bonds. The van der Waals surface area contributed by atoms with Crippen molar-refractivity contribution in [1.29, 1.82) is 0 Å². The van der Waals surface area contributed by atoms with E-state index in [-0.39, 0.29) is 0 Å². The van der Waals surface area contributed by atoms with Crippen molar-refractivity contribution in [1.82, 2.24) is 0 Å². The topological polar surface area (TPSA) is 0 Å². The van der Waals surface area contributed by atoms with E-state index >= 15 is 0 Å². The van der Waals surface area contributed by atoms with Crippen molar-refractivity contribution >= 4 is 12.2 Å². The monoisotopic (exact) mass is 598 g/mol. The second-order valence-electron chi connectivity index (χ2n) is 16.1. The molecule has 0 unspecified atom stereocenters. The molecule has 8 rings (SSSR count). The minimum atomic E-state index is 0.783. The molecule has 0 heteroatoms. The zero-order valence-corrected chi connectivity index (χ0v) is 28.2. The summed E-state index contributed by atoms with van der Waals surface area (Å²) in [4.78, 5) is 0. The normalized spacial score (nSPS) is 23.6. The molecule has 0 spiro atoms. The molecule has 0 heterocycles. The number of fused-ring (bicyclic) bond motifs is 2. The van der Waals surface area contributed by atoms with Gasteiger partial charge in [0.15, 0.2) is 0 Å². The molecular weight excluding hydrogens is 540 g/mol. The maximum atomic E-state index is 2.65. The van der Waals surface area contributed by atoms with Crippen LogP contribution in [0.2, 0.25) is 0 Å². The fourth-order valence-corrected chi connectivity index (χ4v) is 10.7. The van der Waals surface area contributed by atoms with Gasteiger partial charge in [-0.25, -0.2) is 0 Å². The van der Waals surface area contributed by atoms with Crippen molar-refractivity contribution in [2.45, 2.75) is 171 Å². The Kier molecular flexibility index (Phi) is 9.39. The molecule has 2 aromatic rings. The van der Waals surface area contributed by atoms with Gasteiger partial charge < -0.3 is 0 Å². The lowest BCUT2D eigenvalue weighted by atomic mass is 9.77. The average molecular weight is 599 g/mol. The highest BCUT2D eigenvalue weighted by molar-refractivity contribution is 5.76. The molecule has 6 aliphatic rings. The molecule has 0 bridgehead atoms. The Bertz CT molecular complexity index is 1280. The Morgan fingerprint density at radius 3 is 0.956 bits per heavy atom. The van der Waals surface area contributed by atoms with Crippen LogP contribution in [0.15, 0.2) is 35.4 Å². The first kappa shape index (κ1) is 30.3. The first-order valence-corrected chi connectivity index (χ1v) is 19.8. The van der Waals surface area contributed by atoms with Gasteiger partial charge in [0.25, 0.3) is 0 Å². The maximum absolute atomic E-state index is 2.65. The van der Waals surface area contributed by atoms with Crippen LogP contribution >= 0.6 is 0 Å². The molecule has 0 aromatic heterocycles. The molecule has 0 saturated heterocycles. The molecule has 238 valence electrons. The SMILES string of the molecule is [CH]1C(CCCC2=Cc3c(C4CCCCC4)ccc(C4CCCCC4)c3[CH]2)=Cc2c(C3CCCCC3)ccc(C3CCCCC3)c21. The molecule has 0 atom stereocenters. The largest absolute Gasteiger partial charge is 0.0611 e. The van der Waals surface area contributed by atoms with E-state index in [2.05, 4.69) is 49.3 Å². The summed E-state index contributed by atoms with van der Waals surface area (Å²) in [6.45, 7) is 0. The van der Waals surface area contributed by atoms with Gasteiger partial charge in [-0.05, 0) is 139 Å². The van der Waals surface area contributed by atoms with E-state index in [1.165, 1.54) is 148 Å². The average Bonchev–Trinajstić information content (AvgIpc) is 3.74. The van der Waals surface area contributed by atoms with Crippen molar-refractivity contribution in [2.75, 3.05) is 0 Å². The molecule has 2 radical (unpaired) electrons. The van der Waals surface area contributed by atoms with Gasteiger partial charge in [0.05, 0.1) is 0 Å². The van der Waals surface area contributed by atoms with E-state index in [4.69, 9.17) is 0 Å². The Morgan fingerprint density at radius 2 is 0.644 bits per heavy atom. The Hall–Kier alpha value is -2.08. The minimum absolute atomic E-state index is 0.783. The summed E-state index contributed by atoms with van der Waals surface area (Å²) in [6.07, 6.45) is 42.6. The van der Waals surface area contributed by atoms with Gasteiger partial charge in [-0.1, -0.05) is 125 Å². The lowest BCUT2D eigenvalue weighted by molar-refractivity contribution is 0.438. The molecular formula is C45H58. The van der Waals surface area contributed by atoms with Crippen LogP contribution in [-0.2, 0) is 0 Å². The summed E-state index contributed by atoms with van der Waals surface area (Å²) < 4.78 is 0. The second-order valence-corrected chi connectivity index (χ2v) is 16.1. The lowest BCUT2D eigenvalue weighted by Crippen LogP contribution is -2.11. The van der Waals surface area contributed by atoms with Crippen LogP contribution < -0.4 is 0 Å². The Labute approximate surface area is 275 Å². The number of rotatable bonds is 8. The van der Waals surface area contributed by atoms with Crippen molar-refractivity contribution in [3.63, 3.8) is 0 Å². The van der Waals surface area contributed by atoms with E-state index < -0.39 is 0 Å². The molecule has 0 nitrogen and oxygen atoms in total. The molecule has 4 fully saturated rings. The summed E-state index contributed by atoms with van der Waals surface area (Å²) in [5.74, 6) is 3.13. The van der Waals surface area contributed by atoms with Gasteiger partial charge in [0.1, 0.15) is 0 Å². The van der Waals surface area contributed by atoms with Crippen LogP contribution in [0.25, 0.3) is 12.2 Å². The second kappa shape index (κ2) is 14.0. The smallest absolute Gasteiger partial charge is 0.0167 e. The van der Waals surface area contributed by atoms with E-state index in [9.17, 15) is 0 Å². The summed E-state index contributed by atoms with van der Waals surface area (Å²) in [5.41, 5.74) is 16.5. The third-order valence-corrected chi connectivity index (χ3v) is 13.1. The highest BCUT2D eigenvalue weighted by Crippen LogP contribution is 2.47. The summed E-state index contributed by atoms with van der Waals surface area (Å²) in [5, 5.41) is 0. The third-order valence-electron chi connectivity index (χ3n) is 13.1. The van der Waals surface area contributed by atoms with Gasteiger partial charge in [-0.2, -0.15) is 0 Å². The van der Waals surface area contributed by atoms with E-state index in [1.54, 1.807) is 55.7 Å². The van der Waals surface area contributed by atoms with Crippen LogP contribution in [0.1, 0.15) is 216 Å². The van der Waals surface area contributed by atoms with Gasteiger partial charge in [0, 0.05) is 12.8 Å². The lowest BCUT2D eigenvalue weighted by Gasteiger charge is -2.28. The molecule has 4 saturated carbocycles. The van der Waals surface area contributed by atoms with Crippen molar-refractivity contribution in [3.05, 3.63) is 92.8 Å². The van der Waals surface area contributed by atoms with Gasteiger partial charge >= 0.3 is 0 Å². The Morgan fingerprint density at radius 1 is 0.356 bits per heavy atom. The molecule has 2 aromatic carbocycles. The highest BCUT2D eigenvalue weighted by Gasteiger charge is 2.30. The number of allylic oxidation sites excluding steroid dienone is 2. The van der Waals surface area contributed by atoms with Crippen molar-refractivity contribution in [3.8, 4) is 0 Å². The number of hydrogen-bond acceptors (Lipinski definition) is 0. The zero-order valence-electron chi connectivity index (χ0n) is 28.2. The van der Waals surface area contributed by atoms with Crippen molar-refractivity contribution < 1.29 is 0 Å². The number of benzene rings is 2. The highest BCUT2D eigenvalue weighted by atomic mass is 14.3. The quantitative estimate of drug-likeness (QED) is 0.283. The summed E-state index contributed by atoms with van der Waals surface area (Å²) >= 11 is 0. The summed E-state index contributed by atoms with van der Waals surface area (Å²) in [7, 11) is 0. The zero-order chi connectivity index (χ0) is 30.0. The van der Waals surface area contributed by atoms with Crippen molar-refractivity contribution in [2.24, 2.45) is 0 Å². The van der Waals surface area contributed by atoms with Crippen LogP contribution in [0.3, 0.4) is 0 Å². The van der Waals surface area contributed by atoms with E-state index in [1.807, 2.05) is 0 Å². The van der Waals surface area contributed by atoms with Gasteiger partial charge in [0.2, 0.25) is 0 Å². The van der Waals surface area contributed by atoms with Crippen LogP contribution in [0.5, 0.6) is 0 Å². The molecule has 0 N–H and O–H groups in total. The fraction of sp³-hybridized carbons (Fsp3) is 0.600. The Balaban J connectivity index is 0.991. The van der Waals surface area contributed by atoms with Gasteiger partial charge in [-0.3, -0.25) is 0 Å². The van der Waals surface area contributed by atoms with Crippen LogP contribution in [0.4, 0.5) is 0 Å². The summed E-state index contributed by atoms with van der Waals surface area (Å²) in [6, 6.07) is 10.3. The molecule has 45 heavy (non-hydrogen) atoms. The van der Waals surface area contributed by atoms with Crippen LogP contribution in [-0.4, -0.2) is 0 Å². The first-order valence-electron chi connectivity index (χ1n) is 19.8. The van der Waals surface area contributed by atoms with E-state index in [0.29, 0.717) is 0 Å². The van der Waals surface area contributed by atoms with Crippen LogP contribution in [0, 0.1) is 12.8 Å². The standard InChI is InChI=1S/C45H58/c1-5-16-34(17-6-1)38-24-25-39(35-18-7-2-8-19-35)43-29-32(28-42(38)43)14-13-15-33-30-44-40(36-20-9-3-10-21-36)26-27-41(45(44)31-33)37-22-11-4-12-23-37/h24-31,34-37H,1-23H2.